The number of carbonyl (C=O) groups excluding carboxylic acids is 1. The molecule has 1 aromatic carbocycles. The minimum atomic E-state index is 0.199. The van der Waals surface area contributed by atoms with E-state index in [4.69, 9.17) is 4.52 Å². The molecule has 3 heterocycles. The average Bonchev–Trinajstić information content (AvgIpc) is 3.15. The van der Waals surface area contributed by atoms with Crippen molar-refractivity contribution in [1.29, 1.82) is 0 Å². The molecule has 4 rings (SSSR count). The Labute approximate surface area is 147 Å². The van der Waals surface area contributed by atoms with Gasteiger partial charge in [0.1, 0.15) is 0 Å². The highest BCUT2D eigenvalue weighted by atomic mass is 16.5. The van der Waals surface area contributed by atoms with E-state index in [1.54, 1.807) is 0 Å². The maximum Gasteiger partial charge on any atom is 0.227 e. The Hall–Kier alpha value is -2.21. The molecule has 6 heteroatoms. The van der Waals surface area contributed by atoms with Gasteiger partial charge in [-0.3, -0.25) is 9.69 Å². The maximum atomic E-state index is 12.5. The number of rotatable bonds is 4. The highest BCUT2D eigenvalue weighted by molar-refractivity contribution is 5.76. The first kappa shape index (κ1) is 16.3. The predicted octanol–water partition coefficient (Wildman–Crippen LogP) is 2.37. The summed E-state index contributed by atoms with van der Waals surface area (Å²) in [5, 5.41) is 4.01. The van der Waals surface area contributed by atoms with Gasteiger partial charge in [0.05, 0.1) is 0 Å². The number of carbonyl (C=O) groups is 1. The zero-order valence-corrected chi connectivity index (χ0v) is 14.4. The first-order valence-corrected chi connectivity index (χ1v) is 9.19. The van der Waals surface area contributed by atoms with Gasteiger partial charge in [-0.2, -0.15) is 4.98 Å². The molecular formula is C19H24N4O2. The number of hydrogen-bond acceptors (Lipinski definition) is 5. The predicted molar refractivity (Wildman–Crippen MR) is 93.8 cm³/mol. The van der Waals surface area contributed by atoms with Crippen molar-refractivity contribution in [2.24, 2.45) is 0 Å². The fraction of sp³-hybridized carbons (Fsp3) is 0.526. The molecule has 0 spiro atoms. The highest BCUT2D eigenvalue weighted by Gasteiger charge is 2.30. The standard InChI is InChI=1S/C19H24N4O2/c24-18(23-13-12-22-11-5-4-8-16(22)14-23)10-9-17-20-19(21-25-17)15-6-2-1-3-7-15/h1-3,6-7,16H,4-5,8-14H2. The van der Waals surface area contributed by atoms with Crippen LogP contribution in [-0.2, 0) is 11.2 Å². The SMILES string of the molecule is O=C(CCc1nc(-c2ccccc2)no1)N1CCN2CCCCC2C1. The molecule has 132 valence electrons. The van der Waals surface area contributed by atoms with Crippen molar-refractivity contribution in [2.75, 3.05) is 26.2 Å². The van der Waals surface area contributed by atoms with E-state index in [1.807, 2.05) is 35.2 Å². The molecule has 0 N–H and O–H groups in total. The van der Waals surface area contributed by atoms with Gasteiger partial charge in [0.15, 0.2) is 0 Å². The number of hydrogen-bond donors (Lipinski definition) is 0. The van der Waals surface area contributed by atoms with Gasteiger partial charge in [0, 0.05) is 44.1 Å². The molecule has 1 unspecified atom stereocenters. The Bertz CT molecular complexity index is 715. The molecule has 25 heavy (non-hydrogen) atoms. The number of piperazine rings is 1. The number of nitrogens with zero attached hydrogens (tertiary/aromatic N) is 4. The lowest BCUT2D eigenvalue weighted by Crippen LogP contribution is -2.56. The van der Waals surface area contributed by atoms with Gasteiger partial charge in [-0.1, -0.05) is 41.9 Å². The second-order valence-electron chi connectivity index (χ2n) is 6.90. The molecule has 2 aliphatic rings. The Morgan fingerprint density at radius 2 is 2.04 bits per heavy atom. The van der Waals surface area contributed by atoms with Gasteiger partial charge < -0.3 is 9.42 Å². The van der Waals surface area contributed by atoms with Crippen LogP contribution in [0.15, 0.2) is 34.9 Å². The normalized spacial score (nSPS) is 21.1. The molecule has 2 aromatic rings. The Balaban J connectivity index is 1.31. The minimum absolute atomic E-state index is 0.199. The van der Waals surface area contributed by atoms with E-state index in [1.165, 1.54) is 25.8 Å². The van der Waals surface area contributed by atoms with Crippen molar-refractivity contribution in [2.45, 2.75) is 38.1 Å². The molecule has 2 fully saturated rings. The van der Waals surface area contributed by atoms with E-state index in [9.17, 15) is 4.79 Å². The Morgan fingerprint density at radius 1 is 1.16 bits per heavy atom. The zero-order valence-electron chi connectivity index (χ0n) is 14.4. The van der Waals surface area contributed by atoms with E-state index in [-0.39, 0.29) is 5.91 Å². The summed E-state index contributed by atoms with van der Waals surface area (Å²) in [5.41, 5.74) is 0.928. The lowest BCUT2D eigenvalue weighted by molar-refractivity contribution is -0.134. The van der Waals surface area contributed by atoms with Crippen LogP contribution in [0.3, 0.4) is 0 Å². The number of aromatic nitrogens is 2. The van der Waals surface area contributed by atoms with Crippen LogP contribution >= 0.6 is 0 Å². The fourth-order valence-electron chi connectivity index (χ4n) is 3.82. The summed E-state index contributed by atoms with van der Waals surface area (Å²) in [6.45, 7) is 3.92. The van der Waals surface area contributed by atoms with Crippen molar-refractivity contribution in [3.8, 4) is 11.4 Å². The minimum Gasteiger partial charge on any atom is -0.340 e. The quantitative estimate of drug-likeness (QED) is 0.855. The molecule has 1 atom stereocenters. The molecule has 0 saturated carbocycles. The molecule has 1 aromatic heterocycles. The third-order valence-corrected chi connectivity index (χ3v) is 5.24. The number of piperidine rings is 1. The summed E-state index contributed by atoms with van der Waals surface area (Å²) in [4.78, 5) is 21.5. The third-order valence-electron chi connectivity index (χ3n) is 5.24. The van der Waals surface area contributed by atoms with Gasteiger partial charge in [0.2, 0.25) is 17.6 Å². The van der Waals surface area contributed by atoms with Gasteiger partial charge in [-0.05, 0) is 19.4 Å². The van der Waals surface area contributed by atoms with E-state index in [2.05, 4.69) is 15.0 Å². The summed E-state index contributed by atoms with van der Waals surface area (Å²) >= 11 is 0. The van der Waals surface area contributed by atoms with Gasteiger partial charge in [-0.15, -0.1) is 0 Å². The second-order valence-corrected chi connectivity index (χ2v) is 6.90. The monoisotopic (exact) mass is 340 g/mol. The first-order valence-electron chi connectivity index (χ1n) is 9.19. The van der Waals surface area contributed by atoms with Crippen molar-refractivity contribution >= 4 is 5.91 Å². The van der Waals surface area contributed by atoms with Crippen LogP contribution < -0.4 is 0 Å². The second kappa shape index (κ2) is 7.35. The molecule has 1 amide bonds. The number of fused-ring (bicyclic) bond motifs is 1. The molecule has 6 nitrogen and oxygen atoms in total. The lowest BCUT2D eigenvalue weighted by Gasteiger charge is -2.44. The van der Waals surface area contributed by atoms with E-state index >= 15 is 0 Å². The first-order chi connectivity index (χ1) is 12.3. The number of benzene rings is 1. The van der Waals surface area contributed by atoms with Crippen LogP contribution in [0, 0.1) is 0 Å². The molecule has 0 aliphatic carbocycles. The fourth-order valence-corrected chi connectivity index (χ4v) is 3.82. The molecule has 2 aliphatic heterocycles. The van der Waals surface area contributed by atoms with E-state index in [0.29, 0.717) is 30.6 Å². The Morgan fingerprint density at radius 3 is 2.92 bits per heavy atom. The summed E-state index contributed by atoms with van der Waals surface area (Å²) in [6.07, 6.45) is 4.74. The largest absolute Gasteiger partial charge is 0.340 e. The summed E-state index contributed by atoms with van der Waals surface area (Å²) < 4.78 is 5.30. The van der Waals surface area contributed by atoms with Crippen molar-refractivity contribution in [3.05, 3.63) is 36.2 Å². The average molecular weight is 340 g/mol. The third kappa shape index (κ3) is 3.74. The van der Waals surface area contributed by atoms with Crippen LogP contribution in [0.25, 0.3) is 11.4 Å². The lowest BCUT2D eigenvalue weighted by atomic mass is 9.99. The Kier molecular flexibility index (Phi) is 4.78. The smallest absolute Gasteiger partial charge is 0.227 e. The van der Waals surface area contributed by atoms with E-state index in [0.717, 1.165) is 25.2 Å². The molecular weight excluding hydrogens is 316 g/mol. The van der Waals surface area contributed by atoms with Crippen molar-refractivity contribution in [1.82, 2.24) is 19.9 Å². The van der Waals surface area contributed by atoms with Crippen LogP contribution in [0.2, 0.25) is 0 Å². The molecule has 2 saturated heterocycles. The topological polar surface area (TPSA) is 62.5 Å². The van der Waals surface area contributed by atoms with Gasteiger partial charge in [0.25, 0.3) is 0 Å². The highest BCUT2D eigenvalue weighted by Crippen LogP contribution is 2.22. The summed E-state index contributed by atoms with van der Waals surface area (Å²) in [5.74, 6) is 1.31. The van der Waals surface area contributed by atoms with Crippen molar-refractivity contribution < 1.29 is 9.32 Å². The maximum absolute atomic E-state index is 12.5. The van der Waals surface area contributed by atoms with Crippen LogP contribution in [0.4, 0.5) is 0 Å². The van der Waals surface area contributed by atoms with Crippen molar-refractivity contribution in [3.63, 3.8) is 0 Å². The number of amides is 1. The number of aryl methyl sites for hydroxylation is 1. The van der Waals surface area contributed by atoms with E-state index < -0.39 is 0 Å². The van der Waals surface area contributed by atoms with Gasteiger partial charge in [-0.25, -0.2) is 0 Å². The van der Waals surface area contributed by atoms with Crippen LogP contribution in [-0.4, -0.2) is 58.1 Å². The van der Waals surface area contributed by atoms with Crippen LogP contribution in [0.5, 0.6) is 0 Å². The summed E-state index contributed by atoms with van der Waals surface area (Å²) in [6, 6.07) is 10.3. The van der Waals surface area contributed by atoms with Crippen LogP contribution in [0.1, 0.15) is 31.6 Å². The summed E-state index contributed by atoms with van der Waals surface area (Å²) in [7, 11) is 0. The molecule has 0 bridgehead atoms. The molecule has 0 radical (unpaired) electrons. The van der Waals surface area contributed by atoms with Gasteiger partial charge >= 0.3 is 0 Å². The zero-order chi connectivity index (χ0) is 17.1.